The van der Waals surface area contributed by atoms with Crippen molar-refractivity contribution >= 4 is 17.6 Å². The van der Waals surface area contributed by atoms with Crippen LogP contribution in [0.4, 0.5) is 19.4 Å². The fraction of sp³-hybridized carbons (Fsp3) is 0.333. The Morgan fingerprint density at radius 1 is 1.15 bits per heavy atom. The van der Waals surface area contributed by atoms with Gasteiger partial charge < -0.3 is 19.7 Å². The van der Waals surface area contributed by atoms with E-state index in [1.54, 1.807) is 33.8 Å². The minimum atomic E-state index is -0.685. The fourth-order valence-electron chi connectivity index (χ4n) is 4.90. The molecule has 5 rings (SSSR count). The first-order chi connectivity index (χ1) is 19.6. The van der Waals surface area contributed by atoms with E-state index in [1.807, 2.05) is 26.8 Å². The molecule has 0 spiro atoms. The Bertz CT molecular complexity index is 1660. The quantitative estimate of drug-likeness (QED) is 0.318. The van der Waals surface area contributed by atoms with Crippen LogP contribution in [0.2, 0.25) is 0 Å². The van der Waals surface area contributed by atoms with Gasteiger partial charge >= 0.3 is 6.09 Å². The Kier molecular flexibility index (Phi) is 7.49. The highest BCUT2D eigenvalue weighted by molar-refractivity contribution is 5.85. The molecule has 2 aromatic carbocycles. The number of hydrogen-bond donors (Lipinski definition) is 1. The Morgan fingerprint density at radius 3 is 2.59 bits per heavy atom. The normalized spacial score (nSPS) is 15.4. The van der Waals surface area contributed by atoms with Crippen molar-refractivity contribution in [1.29, 1.82) is 5.26 Å². The number of fused-ring (bicyclic) bond motifs is 1. The lowest BCUT2D eigenvalue weighted by Crippen LogP contribution is -2.47. The maximum Gasteiger partial charge on any atom is 0.410 e. The highest BCUT2D eigenvalue weighted by Gasteiger charge is 2.29. The van der Waals surface area contributed by atoms with Gasteiger partial charge in [0.2, 0.25) is 0 Å². The van der Waals surface area contributed by atoms with E-state index in [9.17, 15) is 18.8 Å². The molecule has 9 nitrogen and oxygen atoms in total. The molecule has 1 aliphatic heterocycles. The van der Waals surface area contributed by atoms with E-state index >= 15 is 0 Å². The van der Waals surface area contributed by atoms with E-state index in [2.05, 4.69) is 10.3 Å². The van der Waals surface area contributed by atoms with Gasteiger partial charge in [-0.25, -0.2) is 23.5 Å². The number of carbonyl (C=O) groups excluding carboxylic acids is 1. The zero-order chi connectivity index (χ0) is 29.3. The number of benzene rings is 2. The summed E-state index contributed by atoms with van der Waals surface area (Å²) in [5.74, 6) is -0.702. The number of nitrogens with one attached hydrogen (secondary N) is 1. The van der Waals surface area contributed by atoms with Gasteiger partial charge in [0.1, 0.15) is 17.5 Å². The van der Waals surface area contributed by atoms with Crippen LogP contribution in [-0.4, -0.2) is 57.2 Å². The largest absolute Gasteiger partial charge is 0.494 e. The number of nitriles is 1. The summed E-state index contributed by atoms with van der Waals surface area (Å²) in [6, 6.07) is 10.5. The Labute approximate surface area is 236 Å². The van der Waals surface area contributed by atoms with Crippen LogP contribution in [0.25, 0.3) is 28.2 Å². The molecule has 3 heterocycles. The summed E-state index contributed by atoms with van der Waals surface area (Å²) in [5.41, 5.74) is 1.54. The molecule has 212 valence electrons. The van der Waals surface area contributed by atoms with Gasteiger partial charge in [-0.05, 0) is 63.9 Å². The van der Waals surface area contributed by atoms with Gasteiger partial charge in [0.15, 0.2) is 23.0 Å². The van der Waals surface area contributed by atoms with E-state index in [0.29, 0.717) is 47.1 Å². The van der Waals surface area contributed by atoms with E-state index < -0.39 is 17.2 Å². The van der Waals surface area contributed by atoms with E-state index in [-0.39, 0.29) is 23.4 Å². The van der Waals surface area contributed by atoms with Gasteiger partial charge in [-0.2, -0.15) is 5.26 Å². The average Bonchev–Trinajstić information content (AvgIpc) is 3.33. The highest BCUT2D eigenvalue weighted by atomic mass is 19.1. The summed E-state index contributed by atoms with van der Waals surface area (Å²) in [5, 5.41) is 12.6. The molecular formula is C30H30F2N6O3. The number of ether oxygens (including phenoxy) is 2. The van der Waals surface area contributed by atoms with Crippen molar-refractivity contribution in [2.45, 2.75) is 45.3 Å². The summed E-state index contributed by atoms with van der Waals surface area (Å²) in [6.45, 7) is 6.50. The Hall–Kier alpha value is -4.72. The van der Waals surface area contributed by atoms with Crippen LogP contribution >= 0.6 is 0 Å². The van der Waals surface area contributed by atoms with Gasteiger partial charge in [0, 0.05) is 42.7 Å². The van der Waals surface area contributed by atoms with Crippen LogP contribution in [0.5, 0.6) is 5.75 Å². The summed E-state index contributed by atoms with van der Waals surface area (Å²) < 4.78 is 41.9. The van der Waals surface area contributed by atoms with E-state index in [4.69, 9.17) is 14.5 Å². The first-order valence-electron chi connectivity index (χ1n) is 13.2. The maximum absolute atomic E-state index is 14.8. The number of anilines is 1. The lowest BCUT2D eigenvalue weighted by atomic mass is 10.0. The Balaban J connectivity index is 1.57. The number of likely N-dealkylation sites (tertiary alicyclic amines) is 1. The van der Waals surface area contributed by atoms with Crippen molar-refractivity contribution in [1.82, 2.24) is 19.3 Å². The van der Waals surface area contributed by atoms with Gasteiger partial charge in [0.25, 0.3) is 0 Å². The van der Waals surface area contributed by atoms with Crippen LogP contribution in [0.15, 0.2) is 48.8 Å². The molecule has 1 fully saturated rings. The molecule has 0 aliphatic carbocycles. The number of amides is 1. The number of halogens is 2. The number of carbonyl (C=O) groups is 1. The summed E-state index contributed by atoms with van der Waals surface area (Å²) >= 11 is 0. The van der Waals surface area contributed by atoms with Crippen LogP contribution in [0, 0.1) is 23.0 Å². The van der Waals surface area contributed by atoms with Crippen molar-refractivity contribution in [3.05, 3.63) is 66.0 Å². The summed E-state index contributed by atoms with van der Waals surface area (Å²) in [4.78, 5) is 23.7. The molecule has 1 N–H and O–H groups in total. The van der Waals surface area contributed by atoms with Crippen LogP contribution in [0.1, 0.15) is 39.2 Å². The van der Waals surface area contributed by atoms with Crippen LogP contribution in [-0.2, 0) is 4.74 Å². The number of imidazole rings is 1. The monoisotopic (exact) mass is 560 g/mol. The molecule has 11 heteroatoms. The van der Waals surface area contributed by atoms with Crippen molar-refractivity contribution in [2.75, 3.05) is 25.5 Å². The van der Waals surface area contributed by atoms with Crippen molar-refractivity contribution in [3.8, 4) is 34.3 Å². The number of rotatable bonds is 5. The number of nitrogens with zero attached hydrogens (tertiary/aromatic N) is 5. The molecule has 41 heavy (non-hydrogen) atoms. The SMILES string of the molecule is COc1ccc(-c2c(-c3ccc(C#N)c(F)c3)nc3c(NC4CCCN(C(=O)OC(C)(C)C)C4)nccn23)cc1F. The number of piperidine rings is 1. The predicted molar refractivity (Wildman–Crippen MR) is 149 cm³/mol. The van der Waals surface area contributed by atoms with E-state index in [0.717, 1.165) is 12.8 Å². The molecule has 0 bridgehead atoms. The number of aromatic nitrogens is 3. The molecule has 0 saturated carbocycles. The molecule has 1 atom stereocenters. The molecule has 1 unspecified atom stereocenters. The predicted octanol–water partition coefficient (Wildman–Crippen LogP) is 6.03. The van der Waals surface area contributed by atoms with Gasteiger partial charge in [-0.3, -0.25) is 4.40 Å². The van der Waals surface area contributed by atoms with Crippen molar-refractivity contribution in [3.63, 3.8) is 0 Å². The standard InChI is InChI=1S/C30H30F2N6O3/c1-30(2,3)41-29(39)37-12-5-6-21(17-37)35-27-28-36-25(18-7-8-20(16-33)22(31)14-18)26(38(28)13-11-34-27)19-9-10-24(40-4)23(32)15-19/h7-11,13-15,21H,5-6,12,17H2,1-4H3,(H,34,35). The molecule has 4 aromatic rings. The molecular weight excluding hydrogens is 530 g/mol. The third-order valence-electron chi connectivity index (χ3n) is 6.74. The van der Waals surface area contributed by atoms with E-state index in [1.165, 1.54) is 31.4 Å². The molecule has 0 radical (unpaired) electrons. The first-order valence-corrected chi connectivity index (χ1v) is 13.2. The zero-order valence-corrected chi connectivity index (χ0v) is 23.2. The lowest BCUT2D eigenvalue weighted by Gasteiger charge is -2.34. The second kappa shape index (κ2) is 11.0. The smallest absolute Gasteiger partial charge is 0.410 e. The summed E-state index contributed by atoms with van der Waals surface area (Å²) in [7, 11) is 1.39. The molecule has 1 aliphatic rings. The van der Waals surface area contributed by atoms with Crippen molar-refractivity contribution < 1.29 is 23.0 Å². The topological polar surface area (TPSA) is 105 Å². The second-order valence-corrected chi connectivity index (χ2v) is 10.8. The zero-order valence-electron chi connectivity index (χ0n) is 23.2. The Morgan fingerprint density at radius 2 is 1.90 bits per heavy atom. The minimum Gasteiger partial charge on any atom is -0.494 e. The van der Waals surface area contributed by atoms with Crippen molar-refractivity contribution in [2.24, 2.45) is 0 Å². The first kappa shape index (κ1) is 27.8. The molecule has 1 saturated heterocycles. The average molecular weight is 561 g/mol. The second-order valence-electron chi connectivity index (χ2n) is 10.8. The number of hydrogen-bond acceptors (Lipinski definition) is 7. The molecule has 1 amide bonds. The highest BCUT2D eigenvalue weighted by Crippen LogP contribution is 2.36. The minimum absolute atomic E-state index is 0.0874. The maximum atomic E-state index is 14.8. The summed E-state index contributed by atoms with van der Waals surface area (Å²) in [6.07, 6.45) is 4.50. The van der Waals surface area contributed by atoms with Crippen LogP contribution in [0.3, 0.4) is 0 Å². The third kappa shape index (κ3) is 5.77. The number of methoxy groups -OCH3 is 1. The third-order valence-corrected chi connectivity index (χ3v) is 6.74. The van der Waals surface area contributed by atoms with Gasteiger partial charge in [-0.15, -0.1) is 0 Å². The lowest BCUT2D eigenvalue weighted by molar-refractivity contribution is 0.0206. The fourth-order valence-corrected chi connectivity index (χ4v) is 4.90. The molecule has 2 aromatic heterocycles. The van der Waals surface area contributed by atoms with Crippen LogP contribution < -0.4 is 10.1 Å². The van der Waals surface area contributed by atoms with Gasteiger partial charge in [0.05, 0.1) is 24.1 Å². The van der Waals surface area contributed by atoms with Gasteiger partial charge in [-0.1, -0.05) is 6.07 Å².